The second-order valence-electron chi connectivity index (χ2n) is 5.52. The molecule has 1 aromatic heterocycles. The van der Waals surface area contributed by atoms with Crippen molar-refractivity contribution in [1.82, 2.24) is 0 Å². The average molecular weight is 379 g/mol. The van der Waals surface area contributed by atoms with E-state index in [0.29, 0.717) is 0 Å². The van der Waals surface area contributed by atoms with Gasteiger partial charge in [0, 0.05) is 38.0 Å². The zero-order valence-electron chi connectivity index (χ0n) is 15.0. The Morgan fingerprint density at radius 3 is 2.00 bits per heavy atom. The highest BCUT2D eigenvalue weighted by atomic mass is 35.7. The Morgan fingerprint density at radius 2 is 1.54 bits per heavy atom. The second kappa shape index (κ2) is 10.7. The molecule has 0 spiro atoms. The fraction of sp³-hybridized carbons (Fsp3) is 0.211. The summed E-state index contributed by atoms with van der Waals surface area (Å²) in [5, 5.41) is 0. The van der Waals surface area contributed by atoms with Crippen LogP contribution in [0, 0.1) is 10.2 Å². The summed E-state index contributed by atoms with van der Waals surface area (Å²) in [6.07, 6.45) is 11.7. The van der Waals surface area contributed by atoms with Gasteiger partial charge in [0.15, 0.2) is 12.4 Å². The van der Waals surface area contributed by atoms with Gasteiger partial charge in [-0.3, -0.25) is 0 Å². The summed E-state index contributed by atoms with van der Waals surface area (Å²) >= 11 is 0. The summed E-state index contributed by atoms with van der Waals surface area (Å²) < 4.78 is 36.1. The van der Waals surface area contributed by atoms with Crippen molar-refractivity contribution < 1.29 is 33.4 Å². The number of pyridine rings is 1. The SMILES string of the molecule is CCC=C(C=Cc1ccc(N(C)C)cc1)[n+]1ccccc1.[O-][Cl+3]([O-])([O-])[O-]. The van der Waals surface area contributed by atoms with E-state index in [-0.39, 0.29) is 0 Å². The number of rotatable bonds is 5. The van der Waals surface area contributed by atoms with Crippen molar-refractivity contribution in [2.24, 2.45) is 0 Å². The fourth-order valence-electron chi connectivity index (χ4n) is 2.10. The van der Waals surface area contributed by atoms with Gasteiger partial charge in [0.05, 0.1) is 0 Å². The molecule has 0 aliphatic rings. The first-order valence-corrected chi connectivity index (χ1v) is 9.18. The lowest BCUT2D eigenvalue weighted by Gasteiger charge is -2.17. The first-order valence-electron chi connectivity index (χ1n) is 7.94. The Balaban J connectivity index is 0.000000597. The van der Waals surface area contributed by atoms with Gasteiger partial charge in [-0.2, -0.15) is 4.57 Å². The molecule has 7 heteroatoms. The molecule has 140 valence electrons. The molecule has 0 saturated carbocycles. The molecule has 26 heavy (non-hydrogen) atoms. The van der Waals surface area contributed by atoms with Crippen molar-refractivity contribution in [1.29, 1.82) is 0 Å². The van der Waals surface area contributed by atoms with Crippen LogP contribution >= 0.6 is 0 Å². The first-order chi connectivity index (χ1) is 12.2. The molecule has 0 aliphatic heterocycles. The van der Waals surface area contributed by atoms with Gasteiger partial charge in [0.1, 0.15) is 0 Å². The second-order valence-corrected chi connectivity index (χ2v) is 6.27. The molecule has 1 aromatic carbocycles. The molecule has 2 aromatic rings. The molecular weight excluding hydrogens is 356 g/mol. The molecule has 6 nitrogen and oxygen atoms in total. The van der Waals surface area contributed by atoms with Crippen LogP contribution in [0.4, 0.5) is 5.69 Å². The Hall–Kier alpha value is -2.22. The van der Waals surface area contributed by atoms with E-state index in [4.69, 9.17) is 18.6 Å². The van der Waals surface area contributed by atoms with Crippen LogP contribution in [0.3, 0.4) is 0 Å². The van der Waals surface area contributed by atoms with E-state index in [2.05, 4.69) is 85.4 Å². The van der Waals surface area contributed by atoms with Gasteiger partial charge < -0.3 is 4.90 Å². The number of halogens is 1. The number of anilines is 1. The summed E-state index contributed by atoms with van der Waals surface area (Å²) in [4.78, 5) is 2.11. The molecule has 0 amide bonds. The Labute approximate surface area is 156 Å². The lowest BCUT2D eigenvalue weighted by atomic mass is 10.1. The predicted molar refractivity (Wildman–Crippen MR) is 91.0 cm³/mol. The minimum Gasteiger partial charge on any atom is -0.378 e. The Morgan fingerprint density at radius 1 is 1.00 bits per heavy atom. The number of hydrogen-bond acceptors (Lipinski definition) is 5. The van der Waals surface area contributed by atoms with Crippen molar-refractivity contribution >= 4 is 17.5 Å². The molecule has 1 heterocycles. The van der Waals surface area contributed by atoms with E-state index in [9.17, 15) is 0 Å². The summed E-state index contributed by atoms with van der Waals surface area (Å²) in [5.41, 5.74) is 3.61. The van der Waals surface area contributed by atoms with Crippen LogP contribution < -0.4 is 28.1 Å². The predicted octanol–water partition coefficient (Wildman–Crippen LogP) is -0.752. The van der Waals surface area contributed by atoms with Gasteiger partial charge in [-0.25, -0.2) is 18.6 Å². The van der Waals surface area contributed by atoms with Gasteiger partial charge in [0.2, 0.25) is 5.70 Å². The van der Waals surface area contributed by atoms with Crippen LogP contribution in [0.2, 0.25) is 0 Å². The largest absolute Gasteiger partial charge is 0.378 e. The quantitative estimate of drug-likeness (QED) is 0.503. The Kier molecular flexibility index (Phi) is 8.98. The highest BCUT2D eigenvalue weighted by Crippen LogP contribution is 2.14. The normalized spacial score (nSPS) is 11.9. The number of benzene rings is 1. The monoisotopic (exact) mass is 378 g/mol. The maximum absolute atomic E-state index is 8.49. The summed E-state index contributed by atoms with van der Waals surface area (Å²) in [7, 11) is -0.835. The van der Waals surface area contributed by atoms with Crippen molar-refractivity contribution in [3.63, 3.8) is 0 Å². The van der Waals surface area contributed by atoms with Crippen molar-refractivity contribution in [3.05, 3.63) is 72.6 Å². The average Bonchev–Trinajstić information content (AvgIpc) is 2.58. The summed E-state index contributed by atoms with van der Waals surface area (Å²) in [6, 6.07) is 14.7. The maximum Gasteiger partial charge on any atom is 0.206 e. The topological polar surface area (TPSA) is 99.4 Å². The van der Waals surface area contributed by atoms with Gasteiger partial charge in [-0.1, -0.05) is 25.1 Å². The van der Waals surface area contributed by atoms with Crippen LogP contribution in [0.1, 0.15) is 18.9 Å². The zero-order valence-corrected chi connectivity index (χ0v) is 15.8. The molecule has 0 atom stereocenters. The third kappa shape index (κ3) is 9.31. The minimum atomic E-state index is -4.94. The third-order valence-electron chi connectivity index (χ3n) is 3.28. The highest BCUT2D eigenvalue weighted by Gasteiger charge is 2.03. The molecule has 0 unspecified atom stereocenters. The van der Waals surface area contributed by atoms with Gasteiger partial charge in [-0.15, -0.1) is 10.2 Å². The molecule has 0 saturated heterocycles. The van der Waals surface area contributed by atoms with Crippen molar-refractivity contribution in [2.75, 3.05) is 19.0 Å². The standard InChI is InChI=1S/C19H23N2.ClHO4/c1-4-8-19(21-15-6-5-7-16-21)14-11-17-9-12-18(13-10-17)20(2)3;2-1(3,4)5/h5-16H,4H2,1-3H3;(H,2,3,4,5)/q+1;/p-1. The molecule has 0 radical (unpaired) electrons. The number of nitrogens with zero attached hydrogens (tertiary/aromatic N) is 2. The van der Waals surface area contributed by atoms with Crippen molar-refractivity contribution in [2.45, 2.75) is 13.3 Å². The fourth-order valence-corrected chi connectivity index (χ4v) is 2.10. The third-order valence-corrected chi connectivity index (χ3v) is 3.28. The van der Waals surface area contributed by atoms with E-state index in [1.54, 1.807) is 0 Å². The van der Waals surface area contributed by atoms with E-state index < -0.39 is 10.2 Å². The number of hydrogen-bond donors (Lipinski definition) is 0. The molecule has 0 bridgehead atoms. The lowest BCUT2D eigenvalue weighted by molar-refractivity contribution is -2.00. The lowest BCUT2D eigenvalue weighted by Crippen LogP contribution is -2.68. The molecule has 2 rings (SSSR count). The van der Waals surface area contributed by atoms with Gasteiger partial charge >= 0.3 is 0 Å². The van der Waals surface area contributed by atoms with E-state index in [1.807, 2.05) is 18.2 Å². The van der Waals surface area contributed by atoms with Gasteiger partial charge in [-0.05, 0) is 36.3 Å². The maximum atomic E-state index is 8.49. The van der Waals surface area contributed by atoms with E-state index >= 15 is 0 Å². The van der Waals surface area contributed by atoms with Crippen LogP contribution in [-0.4, -0.2) is 14.1 Å². The van der Waals surface area contributed by atoms with Gasteiger partial charge in [0.25, 0.3) is 0 Å². The first kappa shape index (κ1) is 21.8. The van der Waals surface area contributed by atoms with E-state index in [0.717, 1.165) is 6.42 Å². The Bertz CT molecular complexity index is 703. The van der Waals surface area contributed by atoms with Crippen LogP contribution in [0.5, 0.6) is 0 Å². The van der Waals surface area contributed by atoms with Crippen LogP contribution in [0.15, 0.2) is 67.0 Å². The van der Waals surface area contributed by atoms with Crippen LogP contribution in [0.25, 0.3) is 11.8 Å². The number of aromatic nitrogens is 1. The summed E-state index contributed by atoms with van der Waals surface area (Å²) in [6.45, 7) is 2.16. The van der Waals surface area contributed by atoms with E-state index in [1.165, 1.54) is 16.9 Å². The van der Waals surface area contributed by atoms with Crippen molar-refractivity contribution in [3.8, 4) is 0 Å². The number of allylic oxidation sites excluding steroid dienone is 3. The smallest absolute Gasteiger partial charge is 0.206 e. The minimum absolute atomic E-state index is 1.02. The molecular formula is C19H23ClN2O4. The molecule has 0 aliphatic carbocycles. The molecule has 0 fully saturated rings. The highest BCUT2D eigenvalue weighted by molar-refractivity contribution is 5.63. The van der Waals surface area contributed by atoms with Crippen LogP contribution in [-0.2, 0) is 0 Å². The zero-order chi connectivity index (χ0) is 19.6. The molecule has 0 N–H and O–H groups in total. The summed E-state index contributed by atoms with van der Waals surface area (Å²) in [5.74, 6) is 0.